The Morgan fingerprint density at radius 3 is 1.25 bits per heavy atom. The molecule has 0 bridgehead atoms. The molecule has 0 rings (SSSR count). The largest absolute Gasteiger partial charge is 1.00 e. The van der Waals surface area contributed by atoms with Crippen molar-refractivity contribution in [2.45, 2.75) is 0 Å². The van der Waals surface area contributed by atoms with Crippen molar-refractivity contribution in [3.8, 4) is 0 Å². The minimum Gasteiger partial charge on any atom is -0.870 e. The topological polar surface area (TPSA) is 123 Å². The van der Waals surface area contributed by atoms with Gasteiger partial charge in [0.1, 0.15) is 0 Å². The second-order valence-corrected chi connectivity index (χ2v) is 0.338. The molecule has 8 heavy (non-hydrogen) atoms. The molecule has 0 aromatic carbocycles. The number of nitrogens with two attached hydrogens (primary N) is 1. The third kappa shape index (κ3) is 195. The van der Waals surface area contributed by atoms with Gasteiger partial charge in [0.25, 0.3) is 0 Å². The smallest absolute Gasteiger partial charge is 0.870 e. The van der Waals surface area contributed by atoms with Crippen molar-refractivity contribution in [1.29, 1.82) is 0 Å². The van der Waals surface area contributed by atoms with Crippen LogP contribution in [0.15, 0.2) is 0 Å². The maximum atomic E-state index is 8.78. The molecule has 0 atom stereocenters. The molecule has 0 spiro atoms. The molecule has 0 fully saturated rings. The number of carbonyl (C=O) groups is 1. The number of carboxylic acid groups (broad SMARTS) is 1. The van der Waals surface area contributed by atoms with Crippen LogP contribution in [0.2, 0.25) is 0 Å². The molecule has 0 saturated carbocycles. The van der Waals surface area contributed by atoms with Crippen LogP contribution in [-0.2, 0) is 0 Å². The first kappa shape index (κ1) is 35.1. The zero-order chi connectivity index (χ0) is 3.58. The van der Waals surface area contributed by atoms with Crippen LogP contribution in [0.25, 0.3) is 0 Å². The minimum atomic E-state index is -1.33. The summed E-state index contributed by atoms with van der Waals surface area (Å²) in [7, 11) is 0. The van der Waals surface area contributed by atoms with Gasteiger partial charge in [-0.15, -0.1) is 0 Å². The van der Waals surface area contributed by atoms with Crippen LogP contribution in [0.1, 0.15) is 0 Å². The van der Waals surface area contributed by atoms with Gasteiger partial charge in [0.15, 0.2) is 0 Å². The molecule has 5 N–H and O–H groups in total. The molecule has 0 aliphatic rings. The third-order valence-corrected chi connectivity index (χ3v) is 0. The van der Waals surface area contributed by atoms with Crippen LogP contribution in [-0.4, -0.2) is 22.2 Å². The number of amides is 1. The fourth-order valence-corrected chi connectivity index (χ4v) is 0. The van der Waals surface area contributed by atoms with Gasteiger partial charge in [-0.2, -0.15) is 0 Å². The van der Waals surface area contributed by atoms with Crippen LogP contribution in [0, 0.1) is 0 Å². The first-order valence-corrected chi connectivity index (χ1v) is 0.716. The zero-order valence-corrected chi connectivity index (χ0v) is 8.83. The zero-order valence-electron chi connectivity index (χ0n) is 4.83. The van der Waals surface area contributed by atoms with Crippen LogP contribution < -0.4 is 64.8 Å². The van der Waals surface area contributed by atoms with Gasteiger partial charge in [0.05, 0.1) is 0 Å². The first-order valence-electron chi connectivity index (χ1n) is 0.716. The van der Waals surface area contributed by atoms with Crippen molar-refractivity contribution < 1.29 is 80.0 Å². The molecule has 0 radical (unpaired) electrons. The molecule has 0 saturated heterocycles. The fourth-order valence-electron chi connectivity index (χ4n) is 0. The summed E-state index contributed by atoms with van der Waals surface area (Å²) in [5.74, 6) is 0. The first-order chi connectivity index (χ1) is 1.73. The van der Waals surface area contributed by atoms with Crippen molar-refractivity contribution in [3.63, 3.8) is 0 Å². The summed E-state index contributed by atoms with van der Waals surface area (Å²) in [4.78, 5) is 8.78. The standard InChI is InChI=1S/CH3NO2.2Na.2H2O/c2-1(3)4;;;;/h2H2,(H,3,4);;;2*1H2/q;2*+1;;/p-2. The van der Waals surface area contributed by atoms with E-state index in [1.807, 2.05) is 0 Å². The Hall–Kier alpha value is 1.19. The predicted molar refractivity (Wildman–Crippen MR) is 16.1 cm³/mol. The van der Waals surface area contributed by atoms with Gasteiger partial charge in [-0.3, -0.25) is 0 Å². The predicted octanol–water partition coefficient (Wildman–Crippen LogP) is -6.72. The van der Waals surface area contributed by atoms with Crippen LogP contribution >= 0.6 is 0 Å². The Kier molecular flexibility index (Phi) is 106. The van der Waals surface area contributed by atoms with E-state index in [9.17, 15) is 0 Å². The molecule has 5 nitrogen and oxygen atoms in total. The summed E-state index contributed by atoms with van der Waals surface area (Å²) in [5.41, 5.74) is 4.03. The Morgan fingerprint density at radius 1 is 1.25 bits per heavy atom. The van der Waals surface area contributed by atoms with Crippen molar-refractivity contribution in [3.05, 3.63) is 0 Å². The van der Waals surface area contributed by atoms with E-state index < -0.39 is 6.09 Å². The van der Waals surface area contributed by atoms with Crippen molar-refractivity contribution >= 4 is 6.09 Å². The maximum absolute atomic E-state index is 8.78. The average molecular weight is 141 g/mol. The Morgan fingerprint density at radius 2 is 1.25 bits per heavy atom. The second-order valence-electron chi connectivity index (χ2n) is 0.338. The van der Waals surface area contributed by atoms with Gasteiger partial charge < -0.3 is 21.8 Å². The summed E-state index contributed by atoms with van der Waals surface area (Å²) in [6, 6.07) is 0. The molecule has 0 heterocycles. The Bertz CT molecular complexity index is 37.0. The molecule has 0 aromatic rings. The fraction of sp³-hybridized carbons (Fsp3) is 0. The molecule has 7 heteroatoms. The number of rotatable bonds is 0. The van der Waals surface area contributed by atoms with E-state index in [1.54, 1.807) is 0 Å². The SMILES string of the molecule is NC(=O)O.[Na+].[Na+].[OH-].[OH-]. The summed E-state index contributed by atoms with van der Waals surface area (Å²) >= 11 is 0. The Labute approximate surface area is 90.8 Å². The average Bonchev–Trinajstić information content (AvgIpc) is 0.811. The van der Waals surface area contributed by atoms with E-state index >= 15 is 0 Å². The normalized spacial score (nSPS) is 3.00. The Balaban J connectivity index is -0.00000000750. The molecule has 40 valence electrons. The maximum Gasteiger partial charge on any atom is 1.00 e. The summed E-state index contributed by atoms with van der Waals surface area (Å²) in [5, 5.41) is 7.19. The molecule has 1 amide bonds. The summed E-state index contributed by atoms with van der Waals surface area (Å²) in [6.45, 7) is 0. The quantitative estimate of drug-likeness (QED) is 0.325. The van der Waals surface area contributed by atoms with E-state index in [4.69, 9.17) is 9.90 Å². The summed E-state index contributed by atoms with van der Waals surface area (Å²) in [6.07, 6.45) is -1.33. The van der Waals surface area contributed by atoms with Gasteiger partial charge in [0.2, 0.25) is 0 Å². The molecule has 0 unspecified atom stereocenters. The molecule has 0 aliphatic heterocycles. The second kappa shape index (κ2) is 24.1. The van der Waals surface area contributed by atoms with E-state index in [-0.39, 0.29) is 70.1 Å². The van der Waals surface area contributed by atoms with Crippen molar-refractivity contribution in [1.82, 2.24) is 0 Å². The summed E-state index contributed by atoms with van der Waals surface area (Å²) < 4.78 is 0. The van der Waals surface area contributed by atoms with E-state index in [1.165, 1.54) is 0 Å². The number of hydrogen-bond acceptors (Lipinski definition) is 3. The third-order valence-electron chi connectivity index (χ3n) is 0. The molecule has 0 aromatic heterocycles. The van der Waals surface area contributed by atoms with E-state index in [2.05, 4.69) is 5.73 Å². The van der Waals surface area contributed by atoms with Gasteiger partial charge >= 0.3 is 65.2 Å². The monoisotopic (exact) mass is 141 g/mol. The van der Waals surface area contributed by atoms with Gasteiger partial charge in [0, 0.05) is 0 Å². The van der Waals surface area contributed by atoms with Crippen LogP contribution in [0.5, 0.6) is 0 Å². The van der Waals surface area contributed by atoms with Crippen molar-refractivity contribution in [2.75, 3.05) is 0 Å². The number of hydrogen-bond donors (Lipinski definition) is 2. The number of primary amides is 1. The van der Waals surface area contributed by atoms with Gasteiger partial charge in [-0.1, -0.05) is 0 Å². The van der Waals surface area contributed by atoms with Gasteiger partial charge in [-0.05, 0) is 0 Å². The molecular weight excluding hydrogens is 136 g/mol. The van der Waals surface area contributed by atoms with E-state index in [0.717, 1.165) is 0 Å². The van der Waals surface area contributed by atoms with E-state index in [0.29, 0.717) is 0 Å². The van der Waals surface area contributed by atoms with Gasteiger partial charge in [-0.25, -0.2) is 4.79 Å². The molecular formula is CH5NNa2O4. The van der Waals surface area contributed by atoms with Crippen molar-refractivity contribution in [2.24, 2.45) is 5.73 Å². The van der Waals surface area contributed by atoms with Crippen LogP contribution in [0.3, 0.4) is 0 Å². The molecule has 0 aliphatic carbocycles. The minimum absolute atomic E-state index is 0. The van der Waals surface area contributed by atoms with Crippen LogP contribution in [0.4, 0.5) is 4.79 Å².